The molecular weight excluding hydrogens is 314 g/mol. The largest absolute Gasteiger partial charge is 0.344 e. The highest BCUT2D eigenvalue weighted by molar-refractivity contribution is 7.99. The van der Waals surface area contributed by atoms with Gasteiger partial charge in [0.1, 0.15) is 0 Å². The minimum Gasteiger partial charge on any atom is -0.298 e. The van der Waals surface area contributed by atoms with Crippen LogP contribution in [0.15, 0.2) is 58.0 Å². The number of benzene rings is 1. The molecule has 0 spiro atoms. The maximum absolute atomic E-state index is 12.4. The SMILES string of the molecule is C=CCn1c(SCCn2cnc3ccccc3c2=O)n[nH]c1=O. The van der Waals surface area contributed by atoms with Gasteiger partial charge in [0, 0.05) is 18.8 Å². The highest BCUT2D eigenvalue weighted by Gasteiger charge is 2.08. The Balaban J connectivity index is 1.74. The van der Waals surface area contributed by atoms with Crippen LogP contribution in [0.2, 0.25) is 0 Å². The van der Waals surface area contributed by atoms with Crippen molar-refractivity contribution in [2.45, 2.75) is 18.2 Å². The number of H-pyrrole nitrogens is 1. The van der Waals surface area contributed by atoms with Gasteiger partial charge in [-0.3, -0.25) is 13.9 Å². The van der Waals surface area contributed by atoms with Crippen LogP contribution in [0.1, 0.15) is 0 Å². The van der Waals surface area contributed by atoms with Gasteiger partial charge in [-0.05, 0) is 12.1 Å². The highest BCUT2D eigenvalue weighted by atomic mass is 32.2. The molecule has 118 valence electrons. The Hall–Kier alpha value is -2.61. The van der Waals surface area contributed by atoms with Crippen molar-refractivity contribution in [3.8, 4) is 0 Å². The van der Waals surface area contributed by atoms with Crippen LogP contribution in [0, 0.1) is 0 Å². The molecule has 0 aliphatic rings. The lowest BCUT2D eigenvalue weighted by molar-refractivity contribution is 0.695. The first-order valence-electron chi connectivity index (χ1n) is 7.04. The van der Waals surface area contributed by atoms with E-state index in [1.54, 1.807) is 23.0 Å². The highest BCUT2D eigenvalue weighted by Crippen LogP contribution is 2.13. The van der Waals surface area contributed by atoms with Gasteiger partial charge in [0.25, 0.3) is 5.56 Å². The molecule has 0 atom stereocenters. The Kier molecular flexibility index (Phi) is 4.42. The maximum atomic E-state index is 12.4. The van der Waals surface area contributed by atoms with Gasteiger partial charge in [-0.25, -0.2) is 14.9 Å². The van der Waals surface area contributed by atoms with Gasteiger partial charge in [0.2, 0.25) is 0 Å². The standard InChI is InChI=1S/C15H15N5O2S/c1-2-7-20-14(22)17-18-15(20)23-9-8-19-10-16-12-6-4-3-5-11(12)13(19)21/h2-6,10H,1,7-9H2,(H,17,22). The average Bonchev–Trinajstić information content (AvgIpc) is 2.91. The second-order valence-corrected chi connectivity index (χ2v) is 5.88. The van der Waals surface area contributed by atoms with Gasteiger partial charge < -0.3 is 0 Å². The minimum atomic E-state index is -0.267. The van der Waals surface area contributed by atoms with E-state index in [1.807, 2.05) is 18.2 Å². The summed E-state index contributed by atoms with van der Waals surface area (Å²) in [5, 5.41) is 7.57. The molecule has 2 heterocycles. The first kappa shape index (κ1) is 15.3. The fourth-order valence-corrected chi connectivity index (χ4v) is 3.10. The monoisotopic (exact) mass is 329 g/mol. The fraction of sp³-hybridized carbons (Fsp3) is 0.200. The number of hydrogen-bond acceptors (Lipinski definition) is 5. The van der Waals surface area contributed by atoms with E-state index in [0.717, 1.165) is 0 Å². The summed E-state index contributed by atoms with van der Waals surface area (Å²) in [6.07, 6.45) is 3.19. The second-order valence-electron chi connectivity index (χ2n) is 4.82. The van der Waals surface area contributed by atoms with E-state index in [0.29, 0.717) is 34.9 Å². The minimum absolute atomic E-state index is 0.0679. The van der Waals surface area contributed by atoms with Gasteiger partial charge in [0.15, 0.2) is 5.16 Å². The normalized spacial score (nSPS) is 11.0. The van der Waals surface area contributed by atoms with Crippen LogP contribution in [-0.2, 0) is 13.1 Å². The lowest BCUT2D eigenvalue weighted by atomic mass is 10.2. The number of thioether (sulfide) groups is 1. The number of allylic oxidation sites excluding steroid dienone is 1. The van der Waals surface area contributed by atoms with Crippen molar-refractivity contribution in [3.05, 3.63) is 64.1 Å². The molecule has 0 amide bonds. The lowest BCUT2D eigenvalue weighted by Gasteiger charge is -2.06. The summed E-state index contributed by atoms with van der Waals surface area (Å²) in [6, 6.07) is 7.25. The molecule has 7 nitrogen and oxygen atoms in total. The Morgan fingerprint density at radius 1 is 1.30 bits per heavy atom. The summed E-state index contributed by atoms with van der Waals surface area (Å²) in [7, 11) is 0. The average molecular weight is 329 g/mol. The number of nitrogens with zero attached hydrogens (tertiary/aromatic N) is 4. The molecule has 0 saturated carbocycles. The third kappa shape index (κ3) is 3.11. The van der Waals surface area contributed by atoms with Crippen molar-refractivity contribution in [3.63, 3.8) is 0 Å². The molecule has 3 aromatic rings. The summed E-state index contributed by atoms with van der Waals surface area (Å²) in [5.41, 5.74) is 0.354. The molecule has 0 aliphatic heterocycles. The van der Waals surface area contributed by atoms with Crippen molar-refractivity contribution in [2.24, 2.45) is 0 Å². The summed E-state index contributed by atoms with van der Waals surface area (Å²) < 4.78 is 3.07. The summed E-state index contributed by atoms with van der Waals surface area (Å²) in [6.45, 7) is 4.50. The predicted molar refractivity (Wildman–Crippen MR) is 89.8 cm³/mol. The zero-order valence-corrected chi connectivity index (χ0v) is 13.1. The van der Waals surface area contributed by atoms with E-state index >= 15 is 0 Å². The molecule has 8 heteroatoms. The molecule has 0 aliphatic carbocycles. The van der Waals surface area contributed by atoms with Crippen molar-refractivity contribution in [1.29, 1.82) is 0 Å². The molecule has 0 radical (unpaired) electrons. The first-order chi connectivity index (χ1) is 11.2. The quantitative estimate of drug-likeness (QED) is 0.543. The van der Waals surface area contributed by atoms with E-state index < -0.39 is 0 Å². The van der Waals surface area contributed by atoms with Crippen LogP contribution in [0.3, 0.4) is 0 Å². The molecule has 0 unspecified atom stereocenters. The van der Waals surface area contributed by atoms with E-state index in [1.165, 1.54) is 16.3 Å². The van der Waals surface area contributed by atoms with E-state index in [9.17, 15) is 9.59 Å². The van der Waals surface area contributed by atoms with Gasteiger partial charge in [0.05, 0.1) is 17.2 Å². The topological polar surface area (TPSA) is 85.6 Å². The van der Waals surface area contributed by atoms with Crippen molar-refractivity contribution in [1.82, 2.24) is 24.3 Å². The van der Waals surface area contributed by atoms with E-state index in [-0.39, 0.29) is 11.2 Å². The van der Waals surface area contributed by atoms with Crippen LogP contribution >= 0.6 is 11.8 Å². The molecule has 0 fully saturated rings. The fourth-order valence-electron chi connectivity index (χ4n) is 2.20. The van der Waals surface area contributed by atoms with Gasteiger partial charge in [-0.1, -0.05) is 30.0 Å². The molecule has 2 aromatic heterocycles. The van der Waals surface area contributed by atoms with Crippen molar-refractivity contribution >= 4 is 22.7 Å². The molecule has 1 aromatic carbocycles. The molecule has 23 heavy (non-hydrogen) atoms. The van der Waals surface area contributed by atoms with E-state index in [2.05, 4.69) is 21.8 Å². The number of hydrogen-bond donors (Lipinski definition) is 1. The number of aryl methyl sites for hydroxylation is 1. The summed E-state index contributed by atoms with van der Waals surface area (Å²) >= 11 is 1.40. The third-order valence-electron chi connectivity index (χ3n) is 3.33. The molecule has 1 N–H and O–H groups in total. The molecule has 0 saturated heterocycles. The second kappa shape index (κ2) is 6.66. The van der Waals surface area contributed by atoms with Crippen molar-refractivity contribution in [2.75, 3.05) is 5.75 Å². The summed E-state index contributed by atoms with van der Waals surface area (Å²) in [5.74, 6) is 0.599. The Morgan fingerprint density at radius 2 is 2.13 bits per heavy atom. The zero-order chi connectivity index (χ0) is 16.2. The van der Waals surface area contributed by atoms with Gasteiger partial charge in [-0.15, -0.1) is 11.7 Å². The van der Waals surface area contributed by atoms with Crippen LogP contribution in [0.5, 0.6) is 0 Å². The molecule has 3 rings (SSSR count). The van der Waals surface area contributed by atoms with Crippen LogP contribution in [0.25, 0.3) is 10.9 Å². The molecular formula is C15H15N5O2S. The number of rotatable bonds is 6. The smallest absolute Gasteiger partial charge is 0.298 e. The zero-order valence-electron chi connectivity index (χ0n) is 12.3. The van der Waals surface area contributed by atoms with Crippen molar-refractivity contribution < 1.29 is 0 Å². The molecule has 0 bridgehead atoms. The van der Waals surface area contributed by atoms with Gasteiger partial charge >= 0.3 is 5.69 Å². The third-order valence-corrected chi connectivity index (χ3v) is 4.29. The van der Waals surface area contributed by atoms with Crippen LogP contribution in [0.4, 0.5) is 0 Å². The number of aromatic amines is 1. The predicted octanol–water partition coefficient (Wildman–Crippen LogP) is 1.26. The maximum Gasteiger partial charge on any atom is 0.344 e. The number of para-hydroxylation sites is 1. The Bertz CT molecular complexity index is 956. The number of nitrogens with one attached hydrogen (secondary N) is 1. The Labute approximate surface area is 135 Å². The first-order valence-corrected chi connectivity index (χ1v) is 8.02. The Morgan fingerprint density at radius 3 is 2.96 bits per heavy atom. The van der Waals surface area contributed by atoms with Crippen LogP contribution in [-0.4, -0.2) is 30.1 Å². The summed E-state index contributed by atoms with van der Waals surface area (Å²) in [4.78, 5) is 28.2. The number of fused-ring (bicyclic) bond motifs is 1. The van der Waals surface area contributed by atoms with Gasteiger partial charge in [-0.2, -0.15) is 0 Å². The van der Waals surface area contributed by atoms with Crippen LogP contribution < -0.4 is 11.2 Å². The van der Waals surface area contributed by atoms with E-state index in [4.69, 9.17) is 0 Å². The number of aromatic nitrogens is 5. The lowest BCUT2D eigenvalue weighted by Crippen LogP contribution is -2.21.